The molecule has 0 aromatic rings. The van der Waals surface area contributed by atoms with Gasteiger partial charge in [0, 0.05) is 6.42 Å². The zero-order valence-electron chi connectivity index (χ0n) is 11.3. The Morgan fingerprint density at radius 3 is 2.41 bits per heavy atom. The number of hydrogen-bond donors (Lipinski definition) is 0. The molecule has 0 aromatic carbocycles. The molecular weight excluding hydrogens is 216 g/mol. The van der Waals surface area contributed by atoms with Crippen LogP contribution < -0.4 is 0 Å². The molecule has 0 amide bonds. The smallest absolute Gasteiger partial charge is 0.306 e. The maximum atomic E-state index is 11.5. The fraction of sp³-hybridized carbons (Fsp3) is 0.786. The van der Waals surface area contributed by atoms with Gasteiger partial charge in [-0.05, 0) is 44.6 Å². The fourth-order valence-electron chi connectivity index (χ4n) is 1.92. The molecular formula is C14H24O3. The fourth-order valence-corrected chi connectivity index (χ4v) is 1.92. The van der Waals surface area contributed by atoms with Crippen LogP contribution in [-0.4, -0.2) is 18.7 Å². The van der Waals surface area contributed by atoms with Crippen LogP contribution in [0.5, 0.6) is 0 Å². The molecule has 1 fully saturated rings. The van der Waals surface area contributed by atoms with Crippen LogP contribution >= 0.6 is 0 Å². The molecule has 0 saturated heterocycles. The molecule has 17 heavy (non-hydrogen) atoms. The lowest BCUT2D eigenvalue weighted by atomic mass is 9.89. The van der Waals surface area contributed by atoms with E-state index in [2.05, 4.69) is 0 Å². The summed E-state index contributed by atoms with van der Waals surface area (Å²) < 4.78 is 11.2. The van der Waals surface area contributed by atoms with Gasteiger partial charge < -0.3 is 9.47 Å². The highest BCUT2D eigenvalue weighted by Gasteiger charge is 2.25. The van der Waals surface area contributed by atoms with Gasteiger partial charge in [0.1, 0.15) is 5.76 Å². The molecule has 0 aliphatic heterocycles. The first-order chi connectivity index (χ1) is 8.22. The molecule has 3 heteroatoms. The monoisotopic (exact) mass is 240 g/mol. The van der Waals surface area contributed by atoms with E-state index in [9.17, 15) is 4.79 Å². The highest BCUT2D eigenvalue weighted by molar-refractivity contribution is 5.69. The third-order valence-electron chi connectivity index (χ3n) is 3.00. The number of hydrogen-bond acceptors (Lipinski definition) is 3. The minimum absolute atomic E-state index is 0.114. The summed E-state index contributed by atoms with van der Waals surface area (Å²) in [6.45, 7) is 6.62. The molecule has 0 N–H and O–H groups in total. The normalized spacial score (nSPS) is 16.1. The van der Waals surface area contributed by atoms with E-state index in [0.29, 0.717) is 13.0 Å². The molecule has 1 atom stereocenters. The molecule has 1 rings (SSSR count). The van der Waals surface area contributed by atoms with Crippen molar-refractivity contribution in [3.05, 3.63) is 11.3 Å². The Morgan fingerprint density at radius 2 is 2.00 bits per heavy atom. The van der Waals surface area contributed by atoms with Gasteiger partial charge in [0.15, 0.2) is 6.10 Å². The Hall–Kier alpha value is -0.990. The number of carbonyl (C=O) groups excluding carboxylic acids is 1. The zero-order chi connectivity index (χ0) is 12.7. The second kappa shape index (κ2) is 7.36. The second-order valence-corrected chi connectivity index (χ2v) is 4.39. The summed E-state index contributed by atoms with van der Waals surface area (Å²) in [5.74, 6) is 0.808. The van der Waals surface area contributed by atoms with Gasteiger partial charge in [-0.15, -0.1) is 0 Å². The average molecular weight is 240 g/mol. The number of rotatable bonds is 7. The topological polar surface area (TPSA) is 35.5 Å². The molecule has 0 spiro atoms. The van der Waals surface area contributed by atoms with Crippen LogP contribution in [0, 0.1) is 0 Å². The summed E-state index contributed by atoms with van der Waals surface area (Å²) in [5, 5.41) is 0. The zero-order valence-corrected chi connectivity index (χ0v) is 11.3. The predicted octanol–water partition coefficient (Wildman–Crippen LogP) is 3.58. The number of carbonyl (C=O) groups is 1. The number of ether oxygens (including phenoxy) is 2. The molecule has 1 aliphatic carbocycles. The van der Waals surface area contributed by atoms with Crippen LogP contribution in [0.3, 0.4) is 0 Å². The van der Waals surface area contributed by atoms with Crippen molar-refractivity contribution in [1.29, 1.82) is 0 Å². The molecule has 1 saturated carbocycles. The minimum atomic E-state index is -0.177. The predicted molar refractivity (Wildman–Crippen MR) is 67.6 cm³/mol. The maximum Gasteiger partial charge on any atom is 0.306 e. The molecule has 1 unspecified atom stereocenters. The minimum Gasteiger partial charge on any atom is -0.494 e. The summed E-state index contributed by atoms with van der Waals surface area (Å²) in [6.07, 6.45) is 5.35. The van der Waals surface area contributed by atoms with Gasteiger partial charge in [-0.1, -0.05) is 13.8 Å². The summed E-state index contributed by atoms with van der Waals surface area (Å²) in [4.78, 5) is 11.5. The molecule has 0 radical (unpaired) electrons. The van der Waals surface area contributed by atoms with Gasteiger partial charge in [-0.25, -0.2) is 0 Å². The summed E-state index contributed by atoms with van der Waals surface area (Å²) in [6, 6.07) is 0. The van der Waals surface area contributed by atoms with Crippen molar-refractivity contribution in [1.82, 2.24) is 0 Å². The first-order valence-corrected chi connectivity index (χ1v) is 6.77. The Morgan fingerprint density at radius 1 is 1.29 bits per heavy atom. The molecule has 1 aliphatic rings. The van der Waals surface area contributed by atoms with Gasteiger partial charge in [0.2, 0.25) is 0 Å². The van der Waals surface area contributed by atoms with E-state index in [1.54, 1.807) is 0 Å². The van der Waals surface area contributed by atoms with Crippen LogP contribution in [0.4, 0.5) is 0 Å². The van der Waals surface area contributed by atoms with E-state index >= 15 is 0 Å². The number of allylic oxidation sites excluding steroid dienone is 1. The Labute approximate surface area is 104 Å². The van der Waals surface area contributed by atoms with Crippen molar-refractivity contribution in [3.63, 3.8) is 0 Å². The molecule has 0 bridgehead atoms. The van der Waals surface area contributed by atoms with Crippen molar-refractivity contribution in [3.8, 4) is 0 Å². The third kappa shape index (κ3) is 4.06. The SMILES string of the molecule is CCCC(=O)OC(CC)C(OCC)=C1CCC1. The summed E-state index contributed by atoms with van der Waals surface area (Å²) >= 11 is 0. The second-order valence-electron chi connectivity index (χ2n) is 4.39. The average Bonchev–Trinajstić information content (AvgIpc) is 2.23. The highest BCUT2D eigenvalue weighted by Crippen LogP contribution is 2.32. The number of esters is 1. The quantitative estimate of drug-likeness (QED) is 0.504. The van der Waals surface area contributed by atoms with Crippen LogP contribution in [0.15, 0.2) is 11.3 Å². The van der Waals surface area contributed by atoms with E-state index in [-0.39, 0.29) is 12.1 Å². The Kier molecular flexibility index (Phi) is 6.09. The lowest BCUT2D eigenvalue weighted by Gasteiger charge is -2.27. The standard InChI is InChI=1S/C14H24O3/c1-4-8-13(15)17-12(5-2)14(16-6-3)11-9-7-10-11/h12H,4-10H2,1-3H3. The van der Waals surface area contributed by atoms with Gasteiger partial charge in [0.25, 0.3) is 0 Å². The van der Waals surface area contributed by atoms with Crippen molar-refractivity contribution < 1.29 is 14.3 Å². The molecule has 0 heterocycles. The van der Waals surface area contributed by atoms with E-state index in [4.69, 9.17) is 9.47 Å². The van der Waals surface area contributed by atoms with Gasteiger partial charge in [0.05, 0.1) is 6.61 Å². The van der Waals surface area contributed by atoms with Crippen LogP contribution in [0.1, 0.15) is 59.3 Å². The van der Waals surface area contributed by atoms with E-state index < -0.39 is 0 Å². The molecule has 3 nitrogen and oxygen atoms in total. The summed E-state index contributed by atoms with van der Waals surface area (Å²) in [7, 11) is 0. The van der Waals surface area contributed by atoms with Crippen LogP contribution in [0.25, 0.3) is 0 Å². The van der Waals surface area contributed by atoms with Gasteiger partial charge in [-0.3, -0.25) is 4.79 Å². The van der Waals surface area contributed by atoms with E-state index in [0.717, 1.165) is 31.4 Å². The lowest BCUT2D eigenvalue weighted by Crippen LogP contribution is -2.24. The van der Waals surface area contributed by atoms with Gasteiger partial charge >= 0.3 is 5.97 Å². The Bertz CT molecular complexity index is 275. The summed E-state index contributed by atoms with van der Waals surface area (Å²) in [5.41, 5.74) is 1.34. The first kappa shape index (κ1) is 14.1. The molecule has 98 valence electrons. The lowest BCUT2D eigenvalue weighted by molar-refractivity contribution is -0.149. The van der Waals surface area contributed by atoms with E-state index in [1.165, 1.54) is 12.0 Å². The molecule has 0 aromatic heterocycles. The first-order valence-electron chi connectivity index (χ1n) is 6.77. The maximum absolute atomic E-state index is 11.5. The van der Waals surface area contributed by atoms with Crippen LogP contribution in [0.2, 0.25) is 0 Å². The third-order valence-corrected chi connectivity index (χ3v) is 3.00. The van der Waals surface area contributed by atoms with E-state index in [1.807, 2.05) is 20.8 Å². The van der Waals surface area contributed by atoms with Crippen molar-refractivity contribution >= 4 is 5.97 Å². The van der Waals surface area contributed by atoms with Crippen LogP contribution in [-0.2, 0) is 14.3 Å². The highest BCUT2D eigenvalue weighted by atomic mass is 16.6. The van der Waals surface area contributed by atoms with Crippen molar-refractivity contribution in [2.24, 2.45) is 0 Å². The van der Waals surface area contributed by atoms with Gasteiger partial charge in [-0.2, -0.15) is 0 Å². The van der Waals surface area contributed by atoms with Crippen molar-refractivity contribution in [2.75, 3.05) is 6.61 Å². The van der Waals surface area contributed by atoms with Crippen molar-refractivity contribution in [2.45, 2.75) is 65.4 Å². The largest absolute Gasteiger partial charge is 0.494 e. The Balaban J connectivity index is 2.65.